The molecule has 0 spiro atoms. The van der Waals surface area contributed by atoms with Gasteiger partial charge >= 0.3 is 0 Å². The summed E-state index contributed by atoms with van der Waals surface area (Å²) >= 11 is 1.83. The van der Waals surface area contributed by atoms with E-state index in [0.717, 1.165) is 47.3 Å². The van der Waals surface area contributed by atoms with Crippen LogP contribution in [0.5, 0.6) is 0 Å². The predicted octanol–water partition coefficient (Wildman–Crippen LogP) is 4.32. The molecule has 1 N–H and O–H groups in total. The van der Waals surface area contributed by atoms with Gasteiger partial charge in [0.2, 0.25) is 0 Å². The molecule has 0 radical (unpaired) electrons. The van der Waals surface area contributed by atoms with E-state index in [1.165, 1.54) is 0 Å². The molecule has 0 heterocycles. The molecule has 3 heteroatoms. The van der Waals surface area contributed by atoms with Crippen LogP contribution in [0.3, 0.4) is 0 Å². The first kappa shape index (κ1) is 15.3. The van der Waals surface area contributed by atoms with Crippen molar-refractivity contribution in [1.29, 1.82) is 0 Å². The third-order valence-electron chi connectivity index (χ3n) is 3.79. The number of ketones is 1. The molecule has 108 valence electrons. The van der Waals surface area contributed by atoms with Crippen molar-refractivity contribution in [3.8, 4) is 0 Å². The van der Waals surface area contributed by atoms with Gasteiger partial charge in [0.1, 0.15) is 0 Å². The Morgan fingerprint density at radius 3 is 2.45 bits per heavy atom. The fourth-order valence-electron chi connectivity index (χ4n) is 2.53. The van der Waals surface area contributed by atoms with E-state index in [-0.39, 0.29) is 11.9 Å². The molecule has 0 bridgehead atoms. The Morgan fingerprint density at radius 1 is 1.25 bits per heavy atom. The van der Waals surface area contributed by atoms with Crippen LogP contribution in [0, 0.1) is 0 Å². The summed E-state index contributed by atoms with van der Waals surface area (Å²) in [6, 6.07) is 5.86. The summed E-state index contributed by atoms with van der Waals surface area (Å²) < 4.78 is 0. The van der Waals surface area contributed by atoms with Gasteiger partial charge in [-0.05, 0) is 56.7 Å². The molecule has 1 aromatic carbocycles. The second-order valence-corrected chi connectivity index (χ2v) is 6.94. The van der Waals surface area contributed by atoms with Gasteiger partial charge in [0, 0.05) is 15.7 Å². The Bertz CT molecular complexity index is 514. The first-order valence-electron chi connectivity index (χ1n) is 7.13. The van der Waals surface area contributed by atoms with Gasteiger partial charge in [0.05, 0.1) is 6.10 Å². The first-order valence-corrected chi connectivity index (χ1v) is 8.01. The van der Waals surface area contributed by atoms with Crippen LogP contribution in [0.15, 0.2) is 29.7 Å². The normalized spacial score (nSPS) is 22.6. The van der Waals surface area contributed by atoms with Crippen molar-refractivity contribution in [3.63, 3.8) is 0 Å². The Labute approximate surface area is 125 Å². The fourth-order valence-corrected chi connectivity index (χ4v) is 3.97. The molecule has 2 rings (SSSR count). The maximum atomic E-state index is 11.5. The number of allylic oxidation sites excluding steroid dienone is 1. The summed E-state index contributed by atoms with van der Waals surface area (Å²) in [5.74, 6) is 0.0965. The van der Waals surface area contributed by atoms with Crippen molar-refractivity contribution in [2.24, 2.45) is 0 Å². The molecule has 0 atom stereocenters. The topological polar surface area (TPSA) is 37.3 Å². The molecule has 1 fully saturated rings. The van der Waals surface area contributed by atoms with Crippen LogP contribution in [-0.2, 0) is 0 Å². The quantitative estimate of drug-likeness (QED) is 0.839. The van der Waals surface area contributed by atoms with Crippen LogP contribution in [0.1, 0.15) is 55.5 Å². The van der Waals surface area contributed by atoms with E-state index < -0.39 is 0 Å². The molecular formula is C17H22O2S. The Morgan fingerprint density at radius 2 is 1.90 bits per heavy atom. The molecule has 0 amide bonds. The van der Waals surface area contributed by atoms with Crippen LogP contribution in [0.2, 0.25) is 0 Å². The first-order chi connectivity index (χ1) is 9.47. The van der Waals surface area contributed by atoms with Crippen LogP contribution < -0.4 is 0 Å². The third kappa shape index (κ3) is 3.74. The molecule has 1 aliphatic rings. The van der Waals surface area contributed by atoms with Gasteiger partial charge in [-0.3, -0.25) is 4.79 Å². The number of hydrogen-bond donors (Lipinski definition) is 1. The SMILES string of the molecule is C=C(C)c1ccc(C(C)=O)cc1SC1CCC(O)CC1. The lowest BCUT2D eigenvalue weighted by Gasteiger charge is -2.25. The highest BCUT2D eigenvalue weighted by Crippen LogP contribution is 2.37. The van der Waals surface area contributed by atoms with Crippen LogP contribution >= 0.6 is 11.8 Å². The smallest absolute Gasteiger partial charge is 0.159 e. The average Bonchev–Trinajstić information content (AvgIpc) is 2.41. The summed E-state index contributed by atoms with van der Waals surface area (Å²) in [4.78, 5) is 12.7. The highest BCUT2D eigenvalue weighted by molar-refractivity contribution is 8.00. The number of aliphatic hydroxyl groups excluding tert-OH is 1. The van der Waals surface area contributed by atoms with E-state index in [2.05, 4.69) is 6.58 Å². The van der Waals surface area contributed by atoms with E-state index >= 15 is 0 Å². The van der Waals surface area contributed by atoms with Gasteiger partial charge in [0.25, 0.3) is 0 Å². The minimum absolute atomic E-state index is 0.0965. The summed E-state index contributed by atoms with van der Waals surface area (Å²) in [5.41, 5.74) is 2.91. The molecule has 0 unspecified atom stereocenters. The lowest BCUT2D eigenvalue weighted by atomic mass is 9.97. The zero-order valence-electron chi connectivity index (χ0n) is 12.2. The van der Waals surface area contributed by atoms with Crippen molar-refractivity contribution >= 4 is 23.1 Å². The van der Waals surface area contributed by atoms with Gasteiger partial charge in [0.15, 0.2) is 5.78 Å². The number of aliphatic hydroxyl groups is 1. The lowest BCUT2D eigenvalue weighted by molar-refractivity contribution is 0.101. The number of carbonyl (C=O) groups is 1. The minimum Gasteiger partial charge on any atom is -0.393 e. The lowest BCUT2D eigenvalue weighted by Crippen LogP contribution is -2.19. The zero-order valence-corrected chi connectivity index (χ0v) is 13.0. The number of carbonyl (C=O) groups excluding carboxylic acids is 1. The van der Waals surface area contributed by atoms with E-state index in [1.807, 2.05) is 36.9 Å². The average molecular weight is 290 g/mol. The Hall–Kier alpha value is -1.06. The molecule has 1 saturated carbocycles. The van der Waals surface area contributed by atoms with Crippen molar-refractivity contribution in [2.45, 2.75) is 55.8 Å². The molecule has 1 aromatic rings. The van der Waals surface area contributed by atoms with Gasteiger partial charge in [-0.15, -0.1) is 11.8 Å². The van der Waals surface area contributed by atoms with Gasteiger partial charge in [-0.25, -0.2) is 0 Å². The van der Waals surface area contributed by atoms with Crippen LogP contribution in [0.4, 0.5) is 0 Å². The summed E-state index contributed by atoms with van der Waals surface area (Å²) in [7, 11) is 0. The van der Waals surface area contributed by atoms with E-state index in [1.54, 1.807) is 6.92 Å². The highest BCUT2D eigenvalue weighted by Gasteiger charge is 2.21. The second kappa shape index (κ2) is 6.59. The monoisotopic (exact) mass is 290 g/mol. The standard InChI is InChI=1S/C17H22O2S/c1-11(2)16-9-4-13(12(3)18)10-17(16)20-15-7-5-14(19)6-8-15/h4,9-10,14-15,19H,1,5-8H2,2-3H3. The van der Waals surface area contributed by atoms with Crippen molar-refractivity contribution in [3.05, 3.63) is 35.9 Å². The zero-order chi connectivity index (χ0) is 14.7. The number of hydrogen-bond acceptors (Lipinski definition) is 3. The molecule has 20 heavy (non-hydrogen) atoms. The van der Waals surface area contributed by atoms with E-state index in [0.29, 0.717) is 5.25 Å². The summed E-state index contributed by atoms with van der Waals surface area (Å²) in [5, 5.41) is 10.1. The molecule has 0 aliphatic heterocycles. The highest BCUT2D eigenvalue weighted by atomic mass is 32.2. The Kier molecular flexibility index (Phi) is 5.06. The maximum Gasteiger partial charge on any atom is 0.159 e. The van der Waals surface area contributed by atoms with Crippen molar-refractivity contribution in [2.75, 3.05) is 0 Å². The summed E-state index contributed by atoms with van der Waals surface area (Å²) in [6.07, 6.45) is 3.70. The fraction of sp³-hybridized carbons (Fsp3) is 0.471. The second-order valence-electron chi connectivity index (χ2n) is 5.60. The maximum absolute atomic E-state index is 11.5. The van der Waals surface area contributed by atoms with Crippen LogP contribution in [0.25, 0.3) is 5.57 Å². The van der Waals surface area contributed by atoms with Gasteiger partial charge in [-0.2, -0.15) is 0 Å². The number of Topliss-reactive ketones (excluding diaryl/α,β-unsaturated/α-hetero) is 1. The van der Waals surface area contributed by atoms with Crippen molar-refractivity contribution in [1.82, 2.24) is 0 Å². The molecular weight excluding hydrogens is 268 g/mol. The largest absolute Gasteiger partial charge is 0.393 e. The minimum atomic E-state index is -0.129. The molecule has 1 aliphatic carbocycles. The van der Waals surface area contributed by atoms with Gasteiger partial charge < -0.3 is 5.11 Å². The summed E-state index contributed by atoms with van der Waals surface area (Å²) in [6.45, 7) is 7.62. The third-order valence-corrected chi connectivity index (χ3v) is 5.18. The molecule has 0 saturated heterocycles. The van der Waals surface area contributed by atoms with Crippen LogP contribution in [-0.4, -0.2) is 22.2 Å². The number of thioether (sulfide) groups is 1. The van der Waals surface area contributed by atoms with E-state index in [4.69, 9.17) is 0 Å². The number of rotatable bonds is 4. The Balaban J connectivity index is 2.21. The predicted molar refractivity (Wildman–Crippen MR) is 85.3 cm³/mol. The van der Waals surface area contributed by atoms with Crippen molar-refractivity contribution < 1.29 is 9.90 Å². The van der Waals surface area contributed by atoms with E-state index in [9.17, 15) is 9.90 Å². The molecule has 0 aromatic heterocycles. The number of benzene rings is 1. The molecule has 2 nitrogen and oxygen atoms in total. The van der Waals surface area contributed by atoms with Gasteiger partial charge in [-0.1, -0.05) is 18.7 Å².